The molecule has 0 saturated heterocycles. The van der Waals surface area contributed by atoms with Crippen LogP contribution in [-0.2, 0) is 20.7 Å². The van der Waals surface area contributed by atoms with Crippen LogP contribution in [0.4, 0.5) is 0 Å². The van der Waals surface area contributed by atoms with Gasteiger partial charge in [0.15, 0.2) is 5.60 Å². The van der Waals surface area contributed by atoms with Crippen LogP contribution in [0.2, 0.25) is 0 Å². The fourth-order valence-corrected chi connectivity index (χ4v) is 2.62. The molecule has 0 aliphatic rings. The van der Waals surface area contributed by atoms with Gasteiger partial charge in [0.1, 0.15) is 0 Å². The molecule has 0 aromatic carbocycles. The van der Waals surface area contributed by atoms with Crippen molar-refractivity contribution in [2.24, 2.45) is 0 Å². The number of thiophene rings is 1. The highest BCUT2D eigenvalue weighted by atomic mass is 32.1. The lowest BCUT2D eigenvalue weighted by molar-refractivity contribution is -0.162. The second-order valence-corrected chi connectivity index (χ2v) is 6.29. The second-order valence-electron chi connectivity index (χ2n) is 5.09. The van der Waals surface area contributed by atoms with E-state index in [-0.39, 0.29) is 5.91 Å². The van der Waals surface area contributed by atoms with Crippen molar-refractivity contribution in [2.45, 2.75) is 45.8 Å². The average molecular weight is 299 g/mol. The first-order valence-electron chi connectivity index (χ1n) is 6.47. The molecule has 1 rings (SSSR count). The minimum atomic E-state index is -1.16. The number of esters is 1. The molecule has 0 aliphatic heterocycles. The summed E-state index contributed by atoms with van der Waals surface area (Å²) in [5, 5.41) is 12.2. The molecule has 0 aliphatic carbocycles. The summed E-state index contributed by atoms with van der Waals surface area (Å²) in [6.45, 7) is 6.57. The molecule has 0 radical (unpaired) electrons. The lowest BCUT2D eigenvalue weighted by Crippen LogP contribution is -2.45. The number of ether oxygens (including phenoxy) is 1. The summed E-state index contributed by atoms with van der Waals surface area (Å²) < 4.78 is 4.96. The first-order valence-corrected chi connectivity index (χ1v) is 7.28. The third kappa shape index (κ3) is 4.94. The van der Waals surface area contributed by atoms with E-state index in [1.54, 1.807) is 20.8 Å². The van der Waals surface area contributed by atoms with E-state index in [1.807, 2.05) is 12.1 Å². The summed E-state index contributed by atoms with van der Waals surface area (Å²) in [5.74, 6) is -0.801. The van der Waals surface area contributed by atoms with Crippen LogP contribution in [-0.4, -0.2) is 29.1 Å². The monoisotopic (exact) mass is 299 g/mol. The van der Waals surface area contributed by atoms with E-state index in [1.165, 1.54) is 18.3 Å². The van der Waals surface area contributed by atoms with Gasteiger partial charge in [-0.15, -0.1) is 11.3 Å². The maximum atomic E-state index is 11.9. The Kier molecular flexibility index (Phi) is 5.71. The van der Waals surface area contributed by atoms with Gasteiger partial charge in [-0.05, 0) is 39.3 Å². The Morgan fingerprint density at radius 1 is 1.45 bits per heavy atom. The van der Waals surface area contributed by atoms with Crippen molar-refractivity contribution < 1.29 is 19.4 Å². The number of nitrogens with one attached hydrogen (secondary N) is 1. The SMILES string of the molecule is CC(=O)OC(C)(C)C(=O)NCCc1ccc(C(C)O)s1. The summed E-state index contributed by atoms with van der Waals surface area (Å²) in [6, 6.07) is 3.82. The van der Waals surface area contributed by atoms with Crippen molar-refractivity contribution in [3.8, 4) is 0 Å². The zero-order valence-electron chi connectivity index (χ0n) is 12.2. The first kappa shape index (κ1) is 16.7. The molecular formula is C14H21NO4S. The third-order valence-corrected chi connectivity index (χ3v) is 4.01. The van der Waals surface area contributed by atoms with Crippen LogP contribution < -0.4 is 5.32 Å². The van der Waals surface area contributed by atoms with Gasteiger partial charge in [-0.25, -0.2) is 0 Å². The van der Waals surface area contributed by atoms with E-state index < -0.39 is 17.7 Å². The van der Waals surface area contributed by atoms with Crippen molar-refractivity contribution in [1.82, 2.24) is 5.32 Å². The summed E-state index contributed by atoms with van der Waals surface area (Å²) in [6.07, 6.45) is 0.213. The molecule has 0 fully saturated rings. The molecule has 2 N–H and O–H groups in total. The van der Waals surface area contributed by atoms with Crippen molar-refractivity contribution in [2.75, 3.05) is 6.54 Å². The van der Waals surface area contributed by atoms with Gasteiger partial charge in [0.25, 0.3) is 5.91 Å². The van der Waals surface area contributed by atoms with Crippen molar-refractivity contribution in [1.29, 1.82) is 0 Å². The standard InChI is InChI=1S/C14H21NO4S/c1-9(16)12-6-5-11(20-12)7-8-15-13(18)14(3,4)19-10(2)17/h5-6,9,16H,7-8H2,1-4H3,(H,15,18). The first-order chi connectivity index (χ1) is 9.22. The summed E-state index contributed by atoms with van der Waals surface area (Å²) in [7, 11) is 0. The molecule has 6 heteroatoms. The van der Waals surface area contributed by atoms with Crippen LogP contribution in [0.3, 0.4) is 0 Å². The largest absolute Gasteiger partial charge is 0.450 e. The third-order valence-electron chi connectivity index (χ3n) is 2.70. The van der Waals surface area contributed by atoms with Crippen LogP contribution in [0.5, 0.6) is 0 Å². The lowest BCUT2D eigenvalue weighted by atomic mass is 10.1. The van der Waals surface area contributed by atoms with Gasteiger partial charge in [-0.1, -0.05) is 0 Å². The van der Waals surface area contributed by atoms with E-state index in [9.17, 15) is 14.7 Å². The van der Waals surface area contributed by atoms with Crippen LogP contribution in [0, 0.1) is 0 Å². The molecule has 1 aromatic rings. The fraction of sp³-hybridized carbons (Fsp3) is 0.571. The summed E-state index contributed by atoms with van der Waals surface area (Å²) in [5.41, 5.74) is -1.16. The second kappa shape index (κ2) is 6.85. The Bertz CT molecular complexity index is 479. The highest BCUT2D eigenvalue weighted by molar-refractivity contribution is 7.12. The van der Waals surface area contributed by atoms with Crippen LogP contribution in [0.25, 0.3) is 0 Å². The van der Waals surface area contributed by atoms with Gasteiger partial charge in [-0.2, -0.15) is 0 Å². The Balaban J connectivity index is 2.43. The number of aliphatic hydroxyl groups excluding tert-OH is 1. The molecule has 0 bridgehead atoms. The van der Waals surface area contributed by atoms with E-state index in [0.717, 1.165) is 9.75 Å². The normalized spacial score (nSPS) is 12.8. The molecule has 1 heterocycles. The predicted molar refractivity (Wildman–Crippen MR) is 77.5 cm³/mol. The molecule has 0 saturated carbocycles. The van der Waals surface area contributed by atoms with Gasteiger partial charge in [-0.3, -0.25) is 9.59 Å². The van der Waals surface area contributed by atoms with Crippen LogP contribution in [0.15, 0.2) is 12.1 Å². The maximum absolute atomic E-state index is 11.9. The van der Waals surface area contributed by atoms with E-state index >= 15 is 0 Å². The number of hydrogen-bond acceptors (Lipinski definition) is 5. The van der Waals surface area contributed by atoms with Crippen molar-refractivity contribution in [3.63, 3.8) is 0 Å². The van der Waals surface area contributed by atoms with Gasteiger partial charge in [0.05, 0.1) is 6.10 Å². The molecule has 1 aromatic heterocycles. The Morgan fingerprint density at radius 3 is 2.60 bits per heavy atom. The zero-order valence-corrected chi connectivity index (χ0v) is 13.0. The summed E-state index contributed by atoms with van der Waals surface area (Å²) >= 11 is 1.52. The number of rotatable bonds is 6. The van der Waals surface area contributed by atoms with Crippen LogP contribution >= 0.6 is 11.3 Å². The molecule has 112 valence electrons. The van der Waals surface area contributed by atoms with Gasteiger partial charge in [0.2, 0.25) is 0 Å². The molecule has 1 amide bonds. The number of aliphatic hydroxyl groups is 1. The Hall–Kier alpha value is -1.40. The topological polar surface area (TPSA) is 75.6 Å². The average Bonchev–Trinajstić information content (AvgIpc) is 2.76. The number of carbonyl (C=O) groups is 2. The van der Waals surface area contributed by atoms with Gasteiger partial charge >= 0.3 is 5.97 Å². The van der Waals surface area contributed by atoms with Crippen LogP contribution in [0.1, 0.15) is 43.6 Å². The molecule has 20 heavy (non-hydrogen) atoms. The quantitative estimate of drug-likeness (QED) is 0.785. The smallest absolute Gasteiger partial charge is 0.303 e. The van der Waals surface area contributed by atoms with Gasteiger partial charge in [0, 0.05) is 23.2 Å². The van der Waals surface area contributed by atoms with E-state index in [0.29, 0.717) is 13.0 Å². The zero-order chi connectivity index (χ0) is 15.3. The Labute approximate surface area is 123 Å². The lowest BCUT2D eigenvalue weighted by Gasteiger charge is -2.23. The highest BCUT2D eigenvalue weighted by Gasteiger charge is 2.30. The summed E-state index contributed by atoms with van der Waals surface area (Å²) in [4.78, 5) is 24.8. The van der Waals surface area contributed by atoms with Crippen molar-refractivity contribution in [3.05, 3.63) is 21.9 Å². The fourth-order valence-electron chi connectivity index (χ4n) is 1.67. The molecule has 0 spiro atoms. The van der Waals surface area contributed by atoms with E-state index in [4.69, 9.17) is 4.74 Å². The maximum Gasteiger partial charge on any atom is 0.303 e. The van der Waals surface area contributed by atoms with Gasteiger partial charge < -0.3 is 15.2 Å². The molecular weight excluding hydrogens is 278 g/mol. The van der Waals surface area contributed by atoms with Crippen molar-refractivity contribution >= 4 is 23.2 Å². The number of amides is 1. The Morgan fingerprint density at radius 2 is 2.10 bits per heavy atom. The predicted octanol–water partition coefficient (Wildman–Crippen LogP) is 1.80. The molecule has 1 atom stereocenters. The van der Waals surface area contributed by atoms with E-state index in [2.05, 4.69) is 5.32 Å². The number of carbonyl (C=O) groups excluding carboxylic acids is 2. The molecule has 1 unspecified atom stereocenters. The minimum absolute atomic E-state index is 0.319. The highest BCUT2D eigenvalue weighted by Crippen LogP contribution is 2.23. The minimum Gasteiger partial charge on any atom is -0.450 e. The number of hydrogen-bond donors (Lipinski definition) is 2. The molecule has 5 nitrogen and oxygen atoms in total.